The van der Waals surface area contributed by atoms with Gasteiger partial charge in [0.05, 0.1) is 17.9 Å². The molecule has 0 aliphatic carbocycles. The predicted octanol–water partition coefficient (Wildman–Crippen LogP) is 3.14. The van der Waals surface area contributed by atoms with E-state index in [1.165, 1.54) is 26.0 Å². The number of carbonyl (C=O) groups is 1. The molecule has 0 bridgehead atoms. The number of rotatable bonds is 6. The second kappa shape index (κ2) is 8.06. The number of H-pyrrole nitrogens is 1. The number of halogens is 3. The maximum atomic E-state index is 12.7. The molecular formula is C20H24F3N3O3. The standard InChI is InChI=1S/C20H24F3N3O3/c1-19(2,28)18(27)26-8-6-13(12-26)17-11-15(24-25-17)7-9-29-16-5-3-4-14(10-16)20(21,22)23/h3-5,10-11,13,28H,6-9,12H2,1-2H3,(H,24,25). The quantitative estimate of drug-likeness (QED) is 0.766. The van der Waals surface area contributed by atoms with E-state index in [0.717, 1.165) is 29.9 Å². The van der Waals surface area contributed by atoms with Gasteiger partial charge in [0.1, 0.15) is 11.4 Å². The van der Waals surface area contributed by atoms with Crippen molar-refractivity contribution < 1.29 is 27.8 Å². The summed E-state index contributed by atoms with van der Waals surface area (Å²) in [5, 5.41) is 17.1. The maximum Gasteiger partial charge on any atom is 0.416 e. The maximum absolute atomic E-state index is 12.7. The van der Waals surface area contributed by atoms with Gasteiger partial charge in [0.25, 0.3) is 5.91 Å². The summed E-state index contributed by atoms with van der Waals surface area (Å²) in [6.45, 7) is 4.21. The van der Waals surface area contributed by atoms with Crippen LogP contribution in [-0.2, 0) is 17.4 Å². The van der Waals surface area contributed by atoms with Crippen LogP contribution in [0.4, 0.5) is 13.2 Å². The molecule has 9 heteroatoms. The fourth-order valence-corrected chi connectivity index (χ4v) is 3.33. The van der Waals surface area contributed by atoms with Crippen molar-refractivity contribution in [2.75, 3.05) is 19.7 Å². The lowest BCUT2D eigenvalue weighted by atomic mass is 10.0. The SMILES string of the molecule is CC(C)(O)C(=O)N1CCC(c2cc(CCOc3cccc(C(F)(F)F)c3)[nH]n2)C1. The highest BCUT2D eigenvalue weighted by Crippen LogP contribution is 2.31. The number of alkyl halides is 3. The number of nitrogens with zero attached hydrogens (tertiary/aromatic N) is 2. The van der Waals surface area contributed by atoms with Crippen LogP contribution in [-0.4, -0.2) is 51.4 Å². The van der Waals surface area contributed by atoms with Crippen LogP contribution in [0.3, 0.4) is 0 Å². The molecule has 1 aliphatic rings. The van der Waals surface area contributed by atoms with E-state index in [9.17, 15) is 23.1 Å². The van der Waals surface area contributed by atoms with Crippen LogP contribution >= 0.6 is 0 Å². The van der Waals surface area contributed by atoms with Crippen molar-refractivity contribution in [3.8, 4) is 5.75 Å². The number of aromatic nitrogens is 2. The zero-order chi connectivity index (χ0) is 21.2. The number of hydrogen-bond donors (Lipinski definition) is 2. The zero-order valence-corrected chi connectivity index (χ0v) is 16.3. The van der Waals surface area contributed by atoms with E-state index in [2.05, 4.69) is 10.2 Å². The number of aliphatic hydroxyl groups is 1. The summed E-state index contributed by atoms with van der Waals surface area (Å²) in [6, 6.07) is 6.67. The van der Waals surface area contributed by atoms with Crippen molar-refractivity contribution in [3.63, 3.8) is 0 Å². The van der Waals surface area contributed by atoms with E-state index in [0.29, 0.717) is 19.5 Å². The van der Waals surface area contributed by atoms with Crippen LogP contribution in [0.15, 0.2) is 30.3 Å². The molecule has 0 saturated carbocycles. The second-order valence-corrected chi connectivity index (χ2v) is 7.74. The van der Waals surface area contributed by atoms with Gasteiger partial charge >= 0.3 is 6.18 Å². The summed E-state index contributed by atoms with van der Waals surface area (Å²) < 4.78 is 43.7. The highest BCUT2D eigenvalue weighted by Gasteiger charge is 2.35. The molecule has 2 N–H and O–H groups in total. The Morgan fingerprint density at radius 1 is 1.34 bits per heavy atom. The molecule has 3 rings (SSSR count). The average Bonchev–Trinajstić information content (AvgIpc) is 3.29. The van der Waals surface area contributed by atoms with Crippen molar-refractivity contribution >= 4 is 5.91 Å². The lowest BCUT2D eigenvalue weighted by Gasteiger charge is -2.24. The molecule has 1 atom stereocenters. The minimum absolute atomic E-state index is 0.0793. The Morgan fingerprint density at radius 2 is 2.10 bits per heavy atom. The van der Waals surface area contributed by atoms with Gasteiger partial charge in [-0.25, -0.2) is 0 Å². The Morgan fingerprint density at radius 3 is 2.79 bits per heavy atom. The van der Waals surface area contributed by atoms with Gasteiger partial charge in [0.15, 0.2) is 0 Å². The first-order valence-corrected chi connectivity index (χ1v) is 9.40. The van der Waals surface area contributed by atoms with Crippen LogP contribution in [0.1, 0.15) is 43.1 Å². The number of aromatic amines is 1. The molecule has 1 amide bonds. The van der Waals surface area contributed by atoms with Gasteiger partial charge in [-0.2, -0.15) is 18.3 Å². The normalized spacial score (nSPS) is 17.6. The summed E-state index contributed by atoms with van der Waals surface area (Å²) >= 11 is 0. The number of ether oxygens (including phenoxy) is 1. The fraction of sp³-hybridized carbons (Fsp3) is 0.500. The Bertz CT molecular complexity index is 858. The zero-order valence-electron chi connectivity index (χ0n) is 16.3. The molecular weight excluding hydrogens is 387 g/mol. The van der Waals surface area contributed by atoms with E-state index in [1.54, 1.807) is 4.90 Å². The molecule has 1 aliphatic heterocycles. The van der Waals surface area contributed by atoms with Crippen LogP contribution in [0.25, 0.3) is 0 Å². The molecule has 1 aromatic carbocycles. The van der Waals surface area contributed by atoms with Crippen LogP contribution < -0.4 is 4.74 Å². The number of amides is 1. The van der Waals surface area contributed by atoms with Gasteiger partial charge in [0.2, 0.25) is 0 Å². The Balaban J connectivity index is 1.52. The molecule has 1 unspecified atom stereocenters. The molecule has 0 radical (unpaired) electrons. The van der Waals surface area contributed by atoms with Crippen molar-refractivity contribution in [2.24, 2.45) is 0 Å². The Kier molecular flexibility index (Phi) is 5.88. The summed E-state index contributed by atoms with van der Waals surface area (Å²) in [6.07, 6.45) is -3.19. The monoisotopic (exact) mass is 411 g/mol. The summed E-state index contributed by atoms with van der Waals surface area (Å²) in [4.78, 5) is 13.8. The van der Waals surface area contributed by atoms with Gasteiger partial charge < -0.3 is 14.7 Å². The lowest BCUT2D eigenvalue weighted by molar-refractivity contribution is -0.146. The second-order valence-electron chi connectivity index (χ2n) is 7.74. The van der Waals surface area contributed by atoms with E-state index in [4.69, 9.17) is 4.74 Å². The van der Waals surface area contributed by atoms with E-state index in [1.807, 2.05) is 6.07 Å². The number of carbonyl (C=O) groups excluding carboxylic acids is 1. The third kappa shape index (κ3) is 5.29. The molecule has 0 spiro atoms. The van der Waals surface area contributed by atoms with E-state index >= 15 is 0 Å². The van der Waals surface area contributed by atoms with Crippen LogP contribution in [0.5, 0.6) is 5.75 Å². The largest absolute Gasteiger partial charge is 0.493 e. The molecule has 2 heterocycles. The smallest absolute Gasteiger partial charge is 0.416 e. The molecule has 1 fully saturated rings. The summed E-state index contributed by atoms with van der Waals surface area (Å²) in [5.74, 6) is -0.0583. The molecule has 158 valence electrons. The third-order valence-electron chi connectivity index (χ3n) is 4.87. The number of benzene rings is 1. The van der Waals surface area contributed by atoms with Crippen molar-refractivity contribution in [1.82, 2.24) is 15.1 Å². The van der Waals surface area contributed by atoms with Crippen LogP contribution in [0, 0.1) is 0 Å². The Hall–Kier alpha value is -2.55. The lowest BCUT2D eigenvalue weighted by Crippen LogP contribution is -2.43. The molecule has 1 saturated heterocycles. The summed E-state index contributed by atoms with van der Waals surface area (Å²) in [5.41, 5.74) is -0.513. The average molecular weight is 411 g/mol. The van der Waals surface area contributed by atoms with Crippen molar-refractivity contribution in [1.29, 1.82) is 0 Å². The highest BCUT2D eigenvalue weighted by molar-refractivity contribution is 5.84. The van der Waals surface area contributed by atoms with Gasteiger partial charge in [-0.15, -0.1) is 0 Å². The molecule has 29 heavy (non-hydrogen) atoms. The predicted molar refractivity (Wildman–Crippen MR) is 99.5 cm³/mol. The minimum Gasteiger partial charge on any atom is -0.493 e. The van der Waals surface area contributed by atoms with Gasteiger partial charge in [0, 0.05) is 31.1 Å². The first-order chi connectivity index (χ1) is 13.5. The topological polar surface area (TPSA) is 78.5 Å². The summed E-state index contributed by atoms with van der Waals surface area (Å²) in [7, 11) is 0. The van der Waals surface area contributed by atoms with Crippen LogP contribution in [0.2, 0.25) is 0 Å². The Labute approximate surface area is 166 Å². The van der Waals surface area contributed by atoms with E-state index < -0.39 is 17.3 Å². The minimum atomic E-state index is -4.40. The van der Waals surface area contributed by atoms with Gasteiger partial charge in [-0.1, -0.05) is 6.07 Å². The number of nitrogens with one attached hydrogen (secondary N) is 1. The molecule has 6 nitrogen and oxygen atoms in total. The molecule has 1 aromatic heterocycles. The van der Waals surface area contributed by atoms with Crippen molar-refractivity contribution in [2.45, 2.75) is 44.4 Å². The van der Waals surface area contributed by atoms with E-state index in [-0.39, 0.29) is 24.2 Å². The van der Waals surface area contributed by atoms with Gasteiger partial charge in [-0.05, 0) is 44.5 Å². The number of likely N-dealkylation sites (tertiary alicyclic amines) is 1. The highest BCUT2D eigenvalue weighted by atomic mass is 19.4. The van der Waals surface area contributed by atoms with Gasteiger partial charge in [-0.3, -0.25) is 9.89 Å². The third-order valence-corrected chi connectivity index (χ3v) is 4.87. The first kappa shape index (κ1) is 21.2. The van der Waals surface area contributed by atoms with Crippen molar-refractivity contribution in [3.05, 3.63) is 47.3 Å². The first-order valence-electron chi connectivity index (χ1n) is 9.40. The molecule has 2 aromatic rings. The number of hydrogen-bond acceptors (Lipinski definition) is 4. The fourth-order valence-electron chi connectivity index (χ4n) is 3.33.